The molecule has 3 N–H and O–H groups in total. The molecule has 1 fully saturated rings. The summed E-state index contributed by atoms with van der Waals surface area (Å²) in [6.07, 6.45) is 5.66. The average molecular weight is 177 g/mol. The highest BCUT2D eigenvalue weighted by atomic mass is 14.9. The Kier molecular flexibility index (Phi) is 2.29. The number of nitrogens with two attached hydrogens (primary N) is 1. The van der Waals surface area contributed by atoms with Gasteiger partial charge in [0.2, 0.25) is 0 Å². The van der Waals surface area contributed by atoms with Crippen LogP contribution in [0.3, 0.4) is 0 Å². The van der Waals surface area contributed by atoms with Crippen molar-refractivity contribution in [3.8, 4) is 0 Å². The van der Waals surface area contributed by atoms with Gasteiger partial charge in [0.1, 0.15) is 0 Å². The van der Waals surface area contributed by atoms with Gasteiger partial charge in [-0.2, -0.15) is 0 Å². The molecule has 1 aromatic rings. The molecule has 13 heavy (non-hydrogen) atoms. The lowest BCUT2D eigenvalue weighted by molar-refractivity contribution is 0.317. The molecule has 1 aliphatic heterocycles. The van der Waals surface area contributed by atoms with Crippen LogP contribution in [0.2, 0.25) is 0 Å². The Morgan fingerprint density at radius 1 is 1.38 bits per heavy atom. The van der Waals surface area contributed by atoms with E-state index in [1.54, 1.807) is 6.20 Å². The van der Waals surface area contributed by atoms with E-state index >= 15 is 0 Å². The minimum Gasteiger partial charge on any atom is -0.321 e. The number of nitrogens with one attached hydrogen (secondary N) is 1. The van der Waals surface area contributed by atoms with E-state index in [0.717, 1.165) is 31.5 Å². The van der Waals surface area contributed by atoms with Crippen molar-refractivity contribution in [3.63, 3.8) is 0 Å². The molecule has 0 radical (unpaired) electrons. The summed E-state index contributed by atoms with van der Waals surface area (Å²) in [5.74, 6) is 0. The zero-order valence-electron chi connectivity index (χ0n) is 7.66. The van der Waals surface area contributed by atoms with Crippen LogP contribution in [0, 0.1) is 0 Å². The van der Waals surface area contributed by atoms with E-state index in [4.69, 9.17) is 5.73 Å². The number of nitrogens with zero attached hydrogens (tertiary/aromatic N) is 1. The highest BCUT2D eigenvalue weighted by Crippen LogP contribution is 2.26. The van der Waals surface area contributed by atoms with Crippen molar-refractivity contribution in [2.24, 2.45) is 5.73 Å². The Balaban J connectivity index is 2.23. The van der Waals surface area contributed by atoms with Gasteiger partial charge in [-0.3, -0.25) is 4.98 Å². The topological polar surface area (TPSA) is 50.9 Å². The second kappa shape index (κ2) is 3.44. The van der Waals surface area contributed by atoms with Gasteiger partial charge in [-0.15, -0.1) is 0 Å². The van der Waals surface area contributed by atoms with Gasteiger partial charge < -0.3 is 11.1 Å². The first kappa shape index (κ1) is 8.66. The van der Waals surface area contributed by atoms with Crippen LogP contribution in [0.1, 0.15) is 18.4 Å². The van der Waals surface area contributed by atoms with E-state index in [1.165, 1.54) is 0 Å². The Morgan fingerprint density at radius 3 is 2.77 bits per heavy atom. The van der Waals surface area contributed by atoms with Crippen molar-refractivity contribution in [2.45, 2.75) is 18.4 Å². The van der Waals surface area contributed by atoms with Crippen molar-refractivity contribution in [2.75, 3.05) is 13.1 Å². The molecular formula is C10H15N3. The normalized spacial score (nSPS) is 21.3. The third-order valence-corrected chi connectivity index (χ3v) is 2.73. The monoisotopic (exact) mass is 177 g/mol. The van der Waals surface area contributed by atoms with Crippen LogP contribution in [-0.2, 0) is 5.54 Å². The lowest BCUT2D eigenvalue weighted by Crippen LogP contribution is -2.46. The maximum absolute atomic E-state index is 6.30. The van der Waals surface area contributed by atoms with Gasteiger partial charge in [0.05, 0.1) is 0 Å². The lowest BCUT2D eigenvalue weighted by atomic mass is 9.83. The van der Waals surface area contributed by atoms with Crippen LogP contribution in [-0.4, -0.2) is 18.1 Å². The Bertz CT molecular complexity index is 265. The van der Waals surface area contributed by atoms with Crippen molar-refractivity contribution < 1.29 is 0 Å². The van der Waals surface area contributed by atoms with Gasteiger partial charge in [0.15, 0.2) is 0 Å². The first-order chi connectivity index (χ1) is 6.31. The fourth-order valence-electron chi connectivity index (χ4n) is 1.82. The minimum absolute atomic E-state index is 0.153. The van der Waals surface area contributed by atoms with Crippen LogP contribution in [0.5, 0.6) is 0 Å². The first-order valence-electron chi connectivity index (χ1n) is 4.71. The summed E-state index contributed by atoms with van der Waals surface area (Å²) in [5.41, 5.74) is 7.31. The van der Waals surface area contributed by atoms with Gasteiger partial charge in [-0.25, -0.2) is 0 Å². The number of pyridine rings is 1. The molecule has 1 aromatic heterocycles. The van der Waals surface area contributed by atoms with Crippen molar-refractivity contribution in [1.82, 2.24) is 10.3 Å². The number of aromatic nitrogens is 1. The van der Waals surface area contributed by atoms with E-state index in [2.05, 4.69) is 16.4 Å². The summed E-state index contributed by atoms with van der Waals surface area (Å²) in [4.78, 5) is 4.10. The molecule has 1 saturated heterocycles. The van der Waals surface area contributed by atoms with E-state index < -0.39 is 0 Å². The largest absolute Gasteiger partial charge is 0.321 e. The fraction of sp³-hybridized carbons (Fsp3) is 0.500. The molecule has 0 spiro atoms. The van der Waals surface area contributed by atoms with Crippen LogP contribution >= 0.6 is 0 Å². The van der Waals surface area contributed by atoms with E-state index in [9.17, 15) is 0 Å². The highest BCUT2D eigenvalue weighted by Gasteiger charge is 2.28. The number of rotatable bonds is 1. The maximum atomic E-state index is 6.30. The van der Waals surface area contributed by atoms with Gasteiger partial charge in [0, 0.05) is 17.9 Å². The third kappa shape index (κ3) is 1.71. The van der Waals surface area contributed by atoms with E-state index in [0.29, 0.717) is 0 Å². The van der Waals surface area contributed by atoms with Crippen molar-refractivity contribution in [1.29, 1.82) is 0 Å². The second-order valence-corrected chi connectivity index (χ2v) is 3.65. The Morgan fingerprint density at radius 2 is 2.15 bits per heavy atom. The molecule has 0 amide bonds. The number of piperidine rings is 1. The molecule has 0 bridgehead atoms. The molecule has 0 saturated carbocycles. The molecule has 2 rings (SSSR count). The molecule has 0 atom stereocenters. The van der Waals surface area contributed by atoms with Gasteiger partial charge in [-0.05, 0) is 37.6 Å². The van der Waals surface area contributed by atoms with Gasteiger partial charge >= 0.3 is 0 Å². The molecule has 3 nitrogen and oxygen atoms in total. The summed E-state index contributed by atoms with van der Waals surface area (Å²) < 4.78 is 0. The molecule has 0 aliphatic carbocycles. The fourth-order valence-corrected chi connectivity index (χ4v) is 1.82. The molecule has 0 aromatic carbocycles. The van der Waals surface area contributed by atoms with E-state index in [1.807, 2.05) is 12.3 Å². The predicted octanol–water partition coefficient (Wildman–Crippen LogP) is 0.619. The maximum Gasteiger partial charge on any atom is 0.0449 e. The zero-order chi connectivity index (χ0) is 9.15. The van der Waals surface area contributed by atoms with Crippen molar-refractivity contribution >= 4 is 0 Å². The van der Waals surface area contributed by atoms with E-state index in [-0.39, 0.29) is 5.54 Å². The molecule has 0 unspecified atom stereocenters. The summed E-state index contributed by atoms with van der Waals surface area (Å²) in [7, 11) is 0. The lowest BCUT2D eigenvalue weighted by Gasteiger charge is -2.33. The highest BCUT2D eigenvalue weighted by molar-refractivity contribution is 5.20. The summed E-state index contributed by atoms with van der Waals surface area (Å²) in [5, 5.41) is 3.31. The second-order valence-electron chi connectivity index (χ2n) is 3.65. The average Bonchev–Trinajstić information content (AvgIpc) is 2.20. The van der Waals surface area contributed by atoms with Crippen LogP contribution in [0.25, 0.3) is 0 Å². The van der Waals surface area contributed by atoms with Crippen LogP contribution in [0.15, 0.2) is 24.5 Å². The zero-order valence-corrected chi connectivity index (χ0v) is 7.66. The standard InChI is InChI=1S/C10H15N3/c11-10(3-6-12-7-4-10)9-2-1-5-13-8-9/h1-2,5,8,12H,3-4,6-7,11H2. The van der Waals surface area contributed by atoms with Gasteiger partial charge in [-0.1, -0.05) is 6.07 Å². The molecule has 70 valence electrons. The van der Waals surface area contributed by atoms with Gasteiger partial charge in [0.25, 0.3) is 0 Å². The molecule has 2 heterocycles. The number of hydrogen-bond acceptors (Lipinski definition) is 3. The minimum atomic E-state index is -0.153. The van der Waals surface area contributed by atoms with Crippen LogP contribution in [0.4, 0.5) is 0 Å². The first-order valence-corrected chi connectivity index (χ1v) is 4.71. The smallest absolute Gasteiger partial charge is 0.0449 e. The summed E-state index contributed by atoms with van der Waals surface area (Å²) in [6.45, 7) is 2.01. The Labute approximate surface area is 78.4 Å². The third-order valence-electron chi connectivity index (χ3n) is 2.73. The summed E-state index contributed by atoms with van der Waals surface area (Å²) >= 11 is 0. The van der Waals surface area contributed by atoms with Crippen LogP contribution < -0.4 is 11.1 Å². The number of hydrogen-bond donors (Lipinski definition) is 2. The summed E-state index contributed by atoms with van der Waals surface area (Å²) in [6, 6.07) is 4.02. The molecule has 3 heteroatoms. The SMILES string of the molecule is NC1(c2cccnc2)CCNCC1. The molecule has 1 aliphatic rings. The Hall–Kier alpha value is -0.930. The quantitative estimate of drug-likeness (QED) is 0.661. The predicted molar refractivity (Wildman–Crippen MR) is 52.2 cm³/mol. The van der Waals surface area contributed by atoms with Crippen molar-refractivity contribution in [3.05, 3.63) is 30.1 Å². The molecular weight excluding hydrogens is 162 g/mol.